The lowest BCUT2D eigenvalue weighted by Crippen LogP contribution is -2.49. The average Bonchev–Trinajstić information content (AvgIpc) is 3.16. The van der Waals surface area contributed by atoms with E-state index in [0.29, 0.717) is 30.7 Å². The molecule has 2 amide bonds. The summed E-state index contributed by atoms with van der Waals surface area (Å²) in [6.45, 7) is 8.66. The minimum absolute atomic E-state index is 0.104. The molecule has 4 aliphatic rings. The Morgan fingerprint density at radius 1 is 1.24 bits per heavy atom. The van der Waals surface area contributed by atoms with Crippen LogP contribution in [0.3, 0.4) is 0 Å². The zero-order valence-corrected chi connectivity index (χ0v) is 28.2. The van der Waals surface area contributed by atoms with Crippen LogP contribution in [0.2, 0.25) is 5.02 Å². The normalized spacial score (nSPS) is 31.2. The van der Waals surface area contributed by atoms with Crippen molar-refractivity contribution < 1.29 is 28.0 Å². The van der Waals surface area contributed by atoms with Gasteiger partial charge in [-0.3, -0.25) is 14.3 Å². The summed E-state index contributed by atoms with van der Waals surface area (Å²) in [5, 5.41) is 0.725. The fourth-order valence-corrected chi connectivity index (χ4v) is 9.04. The van der Waals surface area contributed by atoms with E-state index in [2.05, 4.69) is 32.7 Å². The monoisotopic (exact) mass is 667 g/mol. The summed E-state index contributed by atoms with van der Waals surface area (Å²) < 4.78 is 39.6. The molecule has 6 rings (SSSR count). The van der Waals surface area contributed by atoms with Crippen LogP contribution in [-0.4, -0.2) is 61.1 Å². The smallest absolute Gasteiger partial charge is 0.287 e. The van der Waals surface area contributed by atoms with Crippen LogP contribution in [0.15, 0.2) is 70.5 Å². The fourth-order valence-electron chi connectivity index (χ4n) is 7.25. The van der Waals surface area contributed by atoms with Gasteiger partial charge in [0.2, 0.25) is 0 Å². The summed E-state index contributed by atoms with van der Waals surface area (Å²) in [7, 11) is -2.06. The van der Waals surface area contributed by atoms with Crippen molar-refractivity contribution in [2.45, 2.75) is 68.0 Å². The van der Waals surface area contributed by atoms with E-state index in [0.717, 1.165) is 55.4 Å². The molecule has 46 heavy (non-hydrogen) atoms. The number of hydrogen-bond donors (Lipinski definition) is 1. The highest BCUT2D eigenvalue weighted by atomic mass is 35.5. The largest absolute Gasteiger partial charge is 0.490 e. The summed E-state index contributed by atoms with van der Waals surface area (Å²) >= 11 is 6.43. The SMILES string of the molecule is C=CC(=O)N[S@@]1(=O)=NC(=O)C(C)(C)OC/C=C/[C@H](OC)[C@@H]2CC[C@H]2CN2C[C@@]3(CCCc4cc(Cl)ccc43)COc3ccc1cc32. The van der Waals surface area contributed by atoms with Crippen LogP contribution < -0.4 is 14.4 Å². The summed E-state index contributed by atoms with van der Waals surface area (Å²) in [5.41, 5.74) is 1.53. The van der Waals surface area contributed by atoms with Gasteiger partial charge in [-0.05, 0) is 105 Å². The maximum absolute atomic E-state index is 14.6. The fraction of sp³-hybridized carbons (Fsp3) is 0.486. The molecule has 9 nitrogen and oxygen atoms in total. The van der Waals surface area contributed by atoms with Gasteiger partial charge in [-0.15, -0.1) is 4.36 Å². The molecule has 1 N–H and O–H groups in total. The molecule has 2 aromatic carbocycles. The van der Waals surface area contributed by atoms with Gasteiger partial charge < -0.3 is 19.1 Å². The van der Waals surface area contributed by atoms with E-state index in [9.17, 15) is 13.8 Å². The number of nitrogens with zero attached hydrogens (tertiary/aromatic N) is 2. The first kappa shape index (κ1) is 32.7. The van der Waals surface area contributed by atoms with Crippen LogP contribution in [0.4, 0.5) is 5.69 Å². The van der Waals surface area contributed by atoms with Crippen LogP contribution in [0.1, 0.15) is 50.7 Å². The Hall–Kier alpha value is -3.18. The van der Waals surface area contributed by atoms with E-state index in [1.807, 2.05) is 18.2 Å². The second kappa shape index (κ2) is 12.8. The Morgan fingerprint density at radius 2 is 2.07 bits per heavy atom. The van der Waals surface area contributed by atoms with Gasteiger partial charge >= 0.3 is 0 Å². The Bertz CT molecular complexity index is 1700. The van der Waals surface area contributed by atoms with Crippen molar-refractivity contribution in [1.29, 1.82) is 0 Å². The molecule has 0 radical (unpaired) electrons. The van der Waals surface area contributed by atoms with Crippen molar-refractivity contribution in [2.75, 3.05) is 38.3 Å². The summed E-state index contributed by atoms with van der Waals surface area (Å²) in [6, 6.07) is 11.3. The number of aryl methyl sites for hydroxylation is 1. The number of benzene rings is 2. The molecule has 2 bridgehead atoms. The average molecular weight is 668 g/mol. The van der Waals surface area contributed by atoms with Crippen molar-refractivity contribution in [2.24, 2.45) is 16.2 Å². The van der Waals surface area contributed by atoms with Crippen LogP contribution in [-0.2, 0) is 40.8 Å². The van der Waals surface area contributed by atoms with Crippen LogP contribution >= 0.6 is 11.6 Å². The zero-order valence-electron chi connectivity index (χ0n) is 26.6. The second-order valence-corrected chi connectivity index (χ2v) is 15.6. The van der Waals surface area contributed by atoms with Crippen molar-refractivity contribution >= 4 is 39.0 Å². The van der Waals surface area contributed by atoms with E-state index in [-0.39, 0.29) is 23.0 Å². The molecule has 1 saturated carbocycles. The number of ether oxygens (including phenoxy) is 3. The molecule has 1 fully saturated rings. The van der Waals surface area contributed by atoms with E-state index in [1.165, 1.54) is 11.1 Å². The molecule has 0 saturated heterocycles. The molecule has 5 atom stereocenters. The Morgan fingerprint density at radius 3 is 2.80 bits per heavy atom. The number of carbonyl (C=O) groups is 2. The minimum atomic E-state index is -3.78. The molecule has 1 spiro atoms. The third kappa shape index (κ3) is 6.24. The van der Waals surface area contributed by atoms with E-state index in [4.69, 9.17) is 25.8 Å². The highest BCUT2D eigenvalue weighted by Gasteiger charge is 2.44. The van der Waals surface area contributed by atoms with E-state index in [1.54, 1.807) is 39.2 Å². The van der Waals surface area contributed by atoms with Crippen molar-refractivity contribution in [3.8, 4) is 5.75 Å². The third-order valence-corrected chi connectivity index (χ3v) is 12.0. The lowest BCUT2D eigenvalue weighted by molar-refractivity contribution is -0.137. The lowest BCUT2D eigenvalue weighted by Gasteiger charge is -2.46. The van der Waals surface area contributed by atoms with Crippen molar-refractivity contribution in [3.63, 3.8) is 0 Å². The lowest BCUT2D eigenvalue weighted by atomic mass is 9.68. The topological polar surface area (TPSA) is 107 Å². The number of carbonyl (C=O) groups excluding carboxylic acids is 2. The number of halogens is 1. The maximum Gasteiger partial charge on any atom is 0.287 e. The second-order valence-electron chi connectivity index (χ2n) is 13.3. The number of anilines is 1. The van der Waals surface area contributed by atoms with Gasteiger partial charge in [0.1, 0.15) is 11.4 Å². The summed E-state index contributed by atoms with van der Waals surface area (Å²) in [4.78, 5) is 28.6. The number of amides is 2. The van der Waals surface area contributed by atoms with Gasteiger partial charge in [0.15, 0.2) is 9.92 Å². The molecule has 0 unspecified atom stereocenters. The molecule has 2 aliphatic heterocycles. The first-order valence-electron chi connectivity index (χ1n) is 15.9. The molecule has 2 aliphatic carbocycles. The quantitative estimate of drug-likeness (QED) is 0.326. The van der Waals surface area contributed by atoms with Gasteiger partial charge in [-0.25, -0.2) is 4.21 Å². The molecule has 11 heteroatoms. The maximum atomic E-state index is 14.6. The minimum Gasteiger partial charge on any atom is -0.490 e. The van der Waals surface area contributed by atoms with Crippen LogP contribution in [0.25, 0.3) is 0 Å². The number of rotatable bonds is 3. The summed E-state index contributed by atoms with van der Waals surface area (Å²) in [5.74, 6) is -0.201. The number of fused-ring (bicyclic) bond motifs is 4. The predicted molar refractivity (Wildman–Crippen MR) is 179 cm³/mol. The van der Waals surface area contributed by atoms with Gasteiger partial charge in [-0.1, -0.05) is 36.4 Å². The van der Waals surface area contributed by atoms with Crippen molar-refractivity contribution in [3.05, 3.63) is 77.4 Å². The number of methoxy groups -OCH3 is 1. The molecule has 2 heterocycles. The van der Waals surface area contributed by atoms with E-state index >= 15 is 0 Å². The molecular formula is C35H42ClN3O6S. The Labute approximate surface area is 276 Å². The summed E-state index contributed by atoms with van der Waals surface area (Å²) in [6.07, 6.45) is 9.77. The highest BCUT2D eigenvalue weighted by molar-refractivity contribution is 7.92. The first-order chi connectivity index (χ1) is 22.0. The van der Waals surface area contributed by atoms with Crippen LogP contribution in [0.5, 0.6) is 5.75 Å². The predicted octanol–water partition coefficient (Wildman–Crippen LogP) is 5.79. The van der Waals surface area contributed by atoms with Gasteiger partial charge in [0, 0.05) is 30.6 Å². The van der Waals surface area contributed by atoms with Gasteiger partial charge in [0.25, 0.3) is 11.8 Å². The molecular weight excluding hydrogens is 626 g/mol. The van der Waals surface area contributed by atoms with Gasteiger partial charge in [0.05, 0.1) is 29.9 Å². The molecule has 2 aromatic rings. The zero-order chi connectivity index (χ0) is 32.7. The van der Waals surface area contributed by atoms with Crippen molar-refractivity contribution in [1.82, 2.24) is 4.72 Å². The molecule has 246 valence electrons. The number of hydrogen-bond acceptors (Lipinski definition) is 7. The van der Waals surface area contributed by atoms with Crippen LogP contribution in [0, 0.1) is 11.8 Å². The highest BCUT2D eigenvalue weighted by Crippen LogP contribution is 2.47. The van der Waals surface area contributed by atoms with E-state index < -0.39 is 27.3 Å². The molecule has 0 aromatic heterocycles. The van der Waals surface area contributed by atoms with Gasteiger partial charge in [-0.2, -0.15) is 0 Å². The number of nitrogens with one attached hydrogen (secondary N) is 1. The standard InChI is InChI=1S/C35H42ClN3O6S/c1-5-32(40)37-46(42)26-12-15-31-29(19-26)39(21-35(22-44-31)16-6-8-23-18-25(36)11-14-28(23)35)20-24-10-13-27(24)30(43-4)9-7-17-45-34(2,3)33(41)38-46/h5,7,9,11-12,14-15,18-19,24,27,30H,1,6,8,10,13,16-17,20-22H2,2-4H3,(H,37,38,40,41,42)/b9-7+/t24-,27+,30-,35-,46+/m0/s1. The third-order valence-electron chi connectivity index (χ3n) is 9.97. The first-order valence-corrected chi connectivity index (χ1v) is 17.8. The Balaban J connectivity index is 1.51. The Kier molecular flexibility index (Phi) is 9.10.